The fourth-order valence-electron chi connectivity index (χ4n) is 2.19. The Kier molecular flexibility index (Phi) is 3.78. The summed E-state index contributed by atoms with van der Waals surface area (Å²) in [5, 5.41) is 3.36. The lowest BCUT2D eigenvalue weighted by molar-refractivity contribution is 0.479. The molecule has 1 aromatic heterocycles. The summed E-state index contributed by atoms with van der Waals surface area (Å²) >= 11 is 0. The fraction of sp³-hybridized carbons (Fsp3) is 0.667. The molecule has 2 rings (SSSR count). The van der Waals surface area contributed by atoms with Crippen LogP contribution in [0.15, 0.2) is 17.2 Å². The quantitative estimate of drug-likeness (QED) is 0.828. The molecule has 1 saturated heterocycles. The smallest absolute Gasteiger partial charge is 0.293 e. The number of anilines is 1. The van der Waals surface area contributed by atoms with E-state index in [1.54, 1.807) is 17.0 Å². The Balaban J connectivity index is 2.25. The van der Waals surface area contributed by atoms with Crippen molar-refractivity contribution >= 4 is 5.82 Å². The van der Waals surface area contributed by atoms with Crippen molar-refractivity contribution < 1.29 is 0 Å². The molecule has 0 amide bonds. The summed E-state index contributed by atoms with van der Waals surface area (Å²) in [5.41, 5.74) is 0.0310. The van der Waals surface area contributed by atoms with Crippen molar-refractivity contribution in [2.45, 2.75) is 32.9 Å². The highest BCUT2D eigenvalue weighted by molar-refractivity contribution is 5.36. The van der Waals surface area contributed by atoms with Crippen molar-refractivity contribution in [3.63, 3.8) is 0 Å². The third-order valence-electron chi connectivity index (χ3n) is 3.03. The van der Waals surface area contributed by atoms with Gasteiger partial charge in [0, 0.05) is 44.6 Å². The average molecular weight is 236 g/mol. The molecule has 17 heavy (non-hydrogen) atoms. The molecule has 5 nitrogen and oxygen atoms in total. The number of piperazine rings is 1. The van der Waals surface area contributed by atoms with Crippen LogP contribution in [0.1, 0.15) is 20.3 Å². The Labute approximate surface area is 101 Å². The molecule has 0 aromatic carbocycles. The van der Waals surface area contributed by atoms with Crippen LogP contribution in [0, 0.1) is 0 Å². The lowest BCUT2D eigenvalue weighted by atomic mass is 10.2. The summed E-state index contributed by atoms with van der Waals surface area (Å²) < 4.78 is 1.75. The number of rotatable bonds is 3. The van der Waals surface area contributed by atoms with Gasteiger partial charge in [0.05, 0.1) is 0 Å². The molecular weight excluding hydrogens is 216 g/mol. The van der Waals surface area contributed by atoms with Gasteiger partial charge in [-0.1, -0.05) is 6.92 Å². The molecule has 0 spiro atoms. The van der Waals surface area contributed by atoms with Crippen LogP contribution in [-0.2, 0) is 6.54 Å². The van der Waals surface area contributed by atoms with E-state index in [0.29, 0.717) is 11.9 Å². The molecule has 5 heteroatoms. The van der Waals surface area contributed by atoms with Gasteiger partial charge < -0.3 is 14.8 Å². The zero-order valence-electron chi connectivity index (χ0n) is 10.5. The van der Waals surface area contributed by atoms with E-state index < -0.39 is 0 Å². The Morgan fingerprint density at radius 2 is 2.41 bits per heavy atom. The summed E-state index contributed by atoms with van der Waals surface area (Å²) in [7, 11) is 0. The van der Waals surface area contributed by atoms with Crippen LogP contribution >= 0.6 is 0 Å². The van der Waals surface area contributed by atoms with Gasteiger partial charge in [-0.25, -0.2) is 4.98 Å². The molecule has 94 valence electrons. The second-order valence-corrected chi connectivity index (χ2v) is 4.55. The van der Waals surface area contributed by atoms with Crippen molar-refractivity contribution in [2.24, 2.45) is 0 Å². The monoisotopic (exact) mass is 236 g/mol. The van der Waals surface area contributed by atoms with E-state index in [0.717, 1.165) is 32.6 Å². The highest BCUT2D eigenvalue weighted by Gasteiger charge is 2.19. The molecule has 0 aliphatic carbocycles. The Bertz CT molecular complexity index is 429. The first-order valence-electron chi connectivity index (χ1n) is 6.26. The Hall–Kier alpha value is -1.36. The predicted molar refractivity (Wildman–Crippen MR) is 68.5 cm³/mol. The predicted octanol–water partition coefficient (Wildman–Crippen LogP) is 0.451. The molecule has 0 bridgehead atoms. The number of hydrogen-bond donors (Lipinski definition) is 1. The van der Waals surface area contributed by atoms with E-state index in [1.807, 2.05) is 0 Å². The minimum atomic E-state index is 0.0310. The van der Waals surface area contributed by atoms with Gasteiger partial charge in [-0.2, -0.15) is 0 Å². The first-order chi connectivity index (χ1) is 8.22. The third kappa shape index (κ3) is 2.66. The van der Waals surface area contributed by atoms with Gasteiger partial charge in [0.2, 0.25) is 0 Å². The van der Waals surface area contributed by atoms with E-state index in [1.165, 1.54) is 0 Å². The maximum Gasteiger partial charge on any atom is 0.293 e. The summed E-state index contributed by atoms with van der Waals surface area (Å²) in [6.07, 6.45) is 4.45. The summed E-state index contributed by atoms with van der Waals surface area (Å²) in [4.78, 5) is 18.5. The fourth-order valence-corrected chi connectivity index (χ4v) is 2.19. The van der Waals surface area contributed by atoms with Gasteiger partial charge in [-0.15, -0.1) is 0 Å². The lowest BCUT2D eigenvalue weighted by Gasteiger charge is -2.32. The van der Waals surface area contributed by atoms with Crippen LogP contribution < -0.4 is 15.8 Å². The van der Waals surface area contributed by atoms with E-state index in [9.17, 15) is 4.79 Å². The number of aryl methyl sites for hydroxylation is 1. The van der Waals surface area contributed by atoms with E-state index >= 15 is 0 Å². The molecule has 0 radical (unpaired) electrons. The van der Waals surface area contributed by atoms with Crippen molar-refractivity contribution in [3.8, 4) is 0 Å². The molecule has 1 aromatic rings. The minimum Gasteiger partial charge on any atom is -0.349 e. The van der Waals surface area contributed by atoms with Crippen molar-refractivity contribution in [3.05, 3.63) is 22.7 Å². The summed E-state index contributed by atoms with van der Waals surface area (Å²) in [6, 6.07) is 0.407. The van der Waals surface area contributed by atoms with Crippen molar-refractivity contribution in [1.82, 2.24) is 14.9 Å². The lowest BCUT2D eigenvalue weighted by Crippen LogP contribution is -2.51. The number of nitrogens with one attached hydrogen (secondary N) is 1. The zero-order chi connectivity index (χ0) is 12.3. The molecular formula is C12H20N4O. The first kappa shape index (κ1) is 12.1. The van der Waals surface area contributed by atoms with E-state index in [4.69, 9.17) is 0 Å². The second-order valence-electron chi connectivity index (χ2n) is 4.55. The van der Waals surface area contributed by atoms with E-state index in [-0.39, 0.29) is 5.56 Å². The van der Waals surface area contributed by atoms with Gasteiger partial charge >= 0.3 is 0 Å². The Morgan fingerprint density at radius 1 is 1.59 bits per heavy atom. The van der Waals surface area contributed by atoms with Gasteiger partial charge in [0.15, 0.2) is 5.82 Å². The molecule has 1 fully saturated rings. The molecule has 1 N–H and O–H groups in total. The van der Waals surface area contributed by atoms with Crippen molar-refractivity contribution in [2.75, 3.05) is 24.5 Å². The molecule has 1 aliphatic heterocycles. The van der Waals surface area contributed by atoms with Crippen LogP contribution in [0.25, 0.3) is 0 Å². The Morgan fingerprint density at radius 3 is 3.12 bits per heavy atom. The molecule has 0 saturated carbocycles. The normalized spacial score (nSPS) is 20.6. The average Bonchev–Trinajstić information content (AvgIpc) is 2.32. The van der Waals surface area contributed by atoms with Crippen molar-refractivity contribution in [1.29, 1.82) is 0 Å². The summed E-state index contributed by atoms with van der Waals surface area (Å²) in [6.45, 7) is 7.56. The minimum absolute atomic E-state index is 0.0310. The van der Waals surface area contributed by atoms with Crippen LogP contribution in [0.5, 0.6) is 0 Å². The van der Waals surface area contributed by atoms with Crippen LogP contribution in [-0.4, -0.2) is 35.2 Å². The molecule has 1 unspecified atom stereocenters. The number of hydrogen-bond acceptors (Lipinski definition) is 4. The first-order valence-corrected chi connectivity index (χ1v) is 6.26. The second kappa shape index (κ2) is 5.31. The van der Waals surface area contributed by atoms with Gasteiger partial charge in [-0.05, 0) is 13.3 Å². The number of nitrogens with zero attached hydrogens (tertiary/aromatic N) is 3. The molecule has 1 atom stereocenters. The zero-order valence-corrected chi connectivity index (χ0v) is 10.5. The SMILES string of the molecule is CCCn1ccnc(N2CCNC(C)C2)c1=O. The molecule has 1 aliphatic rings. The third-order valence-corrected chi connectivity index (χ3v) is 3.03. The van der Waals surface area contributed by atoms with Crippen LogP contribution in [0.2, 0.25) is 0 Å². The maximum atomic E-state index is 12.2. The maximum absolute atomic E-state index is 12.2. The van der Waals surface area contributed by atoms with Crippen LogP contribution in [0.3, 0.4) is 0 Å². The number of aromatic nitrogens is 2. The highest BCUT2D eigenvalue weighted by atomic mass is 16.1. The molecule has 2 heterocycles. The van der Waals surface area contributed by atoms with Gasteiger partial charge in [-0.3, -0.25) is 4.79 Å². The summed E-state index contributed by atoms with van der Waals surface area (Å²) in [5.74, 6) is 0.592. The highest BCUT2D eigenvalue weighted by Crippen LogP contribution is 2.07. The topological polar surface area (TPSA) is 50.2 Å². The van der Waals surface area contributed by atoms with Gasteiger partial charge in [0.1, 0.15) is 0 Å². The van der Waals surface area contributed by atoms with E-state index in [2.05, 4.69) is 29.0 Å². The van der Waals surface area contributed by atoms with Crippen LogP contribution in [0.4, 0.5) is 5.82 Å². The standard InChI is InChI=1S/C12H20N4O/c1-3-6-15-7-5-14-11(12(15)17)16-8-4-13-10(2)9-16/h5,7,10,13H,3-4,6,8-9H2,1-2H3. The largest absolute Gasteiger partial charge is 0.349 e. The van der Waals surface area contributed by atoms with Gasteiger partial charge in [0.25, 0.3) is 5.56 Å².